The molecule has 1 aliphatic carbocycles. The summed E-state index contributed by atoms with van der Waals surface area (Å²) in [5, 5.41) is 6.78. The van der Waals surface area contributed by atoms with Gasteiger partial charge in [-0.05, 0) is 62.1 Å². The smallest absolute Gasteiger partial charge is 0.257 e. The number of amides is 3. The highest BCUT2D eigenvalue weighted by atomic mass is 32.1. The minimum absolute atomic E-state index is 0.0293. The quantitative estimate of drug-likeness (QED) is 0.669. The van der Waals surface area contributed by atoms with Crippen molar-refractivity contribution in [3.8, 4) is 0 Å². The number of carbonyl (C=O) groups excluding carboxylic acids is 3. The normalized spacial score (nSPS) is 16.4. The van der Waals surface area contributed by atoms with Crippen LogP contribution in [0.3, 0.4) is 0 Å². The minimum Gasteiger partial charge on any atom is -0.349 e. The first-order chi connectivity index (χ1) is 15.9. The van der Waals surface area contributed by atoms with Crippen LogP contribution >= 0.6 is 11.3 Å². The minimum atomic E-state index is -0.257. The van der Waals surface area contributed by atoms with E-state index in [1.165, 1.54) is 22.4 Å². The third-order valence-electron chi connectivity index (χ3n) is 6.31. The molecule has 3 amide bonds. The van der Waals surface area contributed by atoms with Gasteiger partial charge in [0.2, 0.25) is 5.91 Å². The van der Waals surface area contributed by atoms with Gasteiger partial charge in [-0.15, -0.1) is 11.3 Å². The van der Waals surface area contributed by atoms with Crippen molar-refractivity contribution in [1.29, 1.82) is 0 Å². The lowest BCUT2D eigenvalue weighted by atomic mass is 9.94. The van der Waals surface area contributed by atoms with E-state index >= 15 is 0 Å². The molecule has 1 saturated heterocycles. The average molecular weight is 469 g/mol. The summed E-state index contributed by atoms with van der Waals surface area (Å²) >= 11 is 1.52. The van der Waals surface area contributed by atoms with Crippen molar-refractivity contribution in [3.63, 3.8) is 0 Å². The number of hydrogen-bond acceptors (Lipinski definition) is 5. The van der Waals surface area contributed by atoms with Crippen LogP contribution in [-0.4, -0.2) is 46.7 Å². The predicted molar refractivity (Wildman–Crippen MR) is 130 cm³/mol. The van der Waals surface area contributed by atoms with E-state index in [4.69, 9.17) is 0 Å². The summed E-state index contributed by atoms with van der Waals surface area (Å²) in [6.07, 6.45) is 9.18. The first kappa shape index (κ1) is 23.4. The highest BCUT2D eigenvalue weighted by molar-refractivity contribution is 7.17. The number of likely N-dealkylation sites (tertiary alicyclic amines) is 1. The molecular formula is C25H32N4O3S. The first-order valence-corrected chi connectivity index (χ1v) is 12.7. The van der Waals surface area contributed by atoms with Crippen molar-refractivity contribution in [2.24, 2.45) is 5.92 Å². The van der Waals surface area contributed by atoms with Crippen molar-refractivity contribution in [2.45, 2.75) is 64.8 Å². The fourth-order valence-electron chi connectivity index (χ4n) is 4.58. The van der Waals surface area contributed by atoms with Crippen LogP contribution in [0.25, 0.3) is 0 Å². The first-order valence-electron chi connectivity index (χ1n) is 11.9. The summed E-state index contributed by atoms with van der Waals surface area (Å²) in [6, 6.07) is 3.46. The van der Waals surface area contributed by atoms with Crippen LogP contribution < -0.4 is 10.6 Å². The van der Waals surface area contributed by atoms with E-state index in [9.17, 15) is 14.4 Å². The fraction of sp³-hybridized carbons (Fsp3) is 0.520. The van der Waals surface area contributed by atoms with Crippen LogP contribution in [0, 0.1) is 5.92 Å². The van der Waals surface area contributed by atoms with E-state index in [-0.39, 0.29) is 23.8 Å². The van der Waals surface area contributed by atoms with E-state index < -0.39 is 0 Å². The van der Waals surface area contributed by atoms with Crippen molar-refractivity contribution in [3.05, 3.63) is 46.1 Å². The molecule has 2 aromatic rings. The lowest BCUT2D eigenvalue weighted by molar-refractivity contribution is -0.133. The number of hydrogen-bond donors (Lipinski definition) is 2. The van der Waals surface area contributed by atoms with Crippen LogP contribution in [0.4, 0.5) is 5.00 Å². The number of aryl methyl sites for hydroxylation is 1. The molecule has 4 rings (SSSR count). The summed E-state index contributed by atoms with van der Waals surface area (Å²) in [5.41, 5.74) is 2.16. The zero-order valence-electron chi connectivity index (χ0n) is 19.4. The van der Waals surface area contributed by atoms with Gasteiger partial charge >= 0.3 is 0 Å². The molecule has 0 unspecified atom stereocenters. The average Bonchev–Trinajstić information content (AvgIpc) is 3.17. The zero-order valence-corrected chi connectivity index (χ0v) is 20.2. The summed E-state index contributed by atoms with van der Waals surface area (Å²) < 4.78 is 0. The number of fused-ring (bicyclic) bond motifs is 1. The number of thiophene rings is 1. The summed E-state index contributed by atoms with van der Waals surface area (Å²) in [5.74, 6) is 0.164. The Labute approximate surface area is 199 Å². The van der Waals surface area contributed by atoms with Crippen LogP contribution in [0.5, 0.6) is 0 Å². The molecule has 2 aromatic heterocycles. The lowest BCUT2D eigenvalue weighted by Crippen LogP contribution is -2.46. The number of nitrogens with one attached hydrogen (secondary N) is 2. The summed E-state index contributed by atoms with van der Waals surface area (Å²) in [7, 11) is 0. The molecule has 2 N–H and O–H groups in total. The highest BCUT2D eigenvalue weighted by Crippen LogP contribution is 2.38. The standard InChI is InChI=1S/C25H32N4O3S/c1-16(2)14-21(30)29-12-9-18(10-13-29)27-24(32)22-19-7-3-4-8-20(19)33-25(22)28-23(31)17-6-5-11-26-15-17/h5-6,11,15-16,18H,3-4,7-10,12-14H2,1-2H3,(H,27,32)(H,28,31). The second-order valence-corrected chi connectivity index (χ2v) is 10.4. The molecule has 176 valence electrons. The van der Waals surface area contributed by atoms with Crippen molar-refractivity contribution in [2.75, 3.05) is 18.4 Å². The van der Waals surface area contributed by atoms with E-state index in [1.54, 1.807) is 18.3 Å². The molecule has 0 atom stereocenters. The number of pyridine rings is 1. The Morgan fingerprint density at radius 3 is 2.61 bits per heavy atom. The number of piperidine rings is 1. The maximum absolute atomic E-state index is 13.4. The molecular weight excluding hydrogens is 436 g/mol. The number of aromatic nitrogens is 1. The molecule has 0 aromatic carbocycles. The Kier molecular flexibility index (Phi) is 7.42. The lowest BCUT2D eigenvalue weighted by Gasteiger charge is -2.33. The third-order valence-corrected chi connectivity index (χ3v) is 7.52. The van der Waals surface area contributed by atoms with Gasteiger partial charge in [0, 0.05) is 42.8 Å². The molecule has 1 fully saturated rings. The van der Waals surface area contributed by atoms with Crippen LogP contribution in [0.1, 0.15) is 77.1 Å². The number of rotatable bonds is 6. The molecule has 8 heteroatoms. The molecule has 2 aliphatic rings. The van der Waals surface area contributed by atoms with Gasteiger partial charge in [-0.3, -0.25) is 19.4 Å². The molecule has 3 heterocycles. The van der Waals surface area contributed by atoms with Gasteiger partial charge in [0.25, 0.3) is 11.8 Å². The molecule has 0 bridgehead atoms. The van der Waals surface area contributed by atoms with Gasteiger partial charge in [0.05, 0.1) is 11.1 Å². The van der Waals surface area contributed by atoms with Gasteiger partial charge in [0.1, 0.15) is 5.00 Å². The highest BCUT2D eigenvalue weighted by Gasteiger charge is 2.29. The van der Waals surface area contributed by atoms with Gasteiger partial charge in [0.15, 0.2) is 0 Å². The number of nitrogens with zero attached hydrogens (tertiary/aromatic N) is 2. The molecule has 0 radical (unpaired) electrons. The topological polar surface area (TPSA) is 91.4 Å². The molecule has 7 nitrogen and oxygen atoms in total. The maximum atomic E-state index is 13.4. The number of carbonyl (C=O) groups is 3. The van der Waals surface area contributed by atoms with Gasteiger partial charge in [-0.2, -0.15) is 0 Å². The van der Waals surface area contributed by atoms with Crippen molar-refractivity contribution < 1.29 is 14.4 Å². The van der Waals surface area contributed by atoms with Crippen LogP contribution in [0.2, 0.25) is 0 Å². The fourth-order valence-corrected chi connectivity index (χ4v) is 5.86. The Morgan fingerprint density at radius 2 is 1.91 bits per heavy atom. The van der Waals surface area contributed by atoms with E-state index in [2.05, 4.69) is 29.5 Å². The van der Waals surface area contributed by atoms with Crippen LogP contribution in [0.15, 0.2) is 24.5 Å². The zero-order chi connectivity index (χ0) is 23.4. The Bertz CT molecular complexity index is 1010. The van der Waals surface area contributed by atoms with E-state index in [0.717, 1.165) is 44.1 Å². The Balaban J connectivity index is 1.45. The molecule has 0 spiro atoms. The maximum Gasteiger partial charge on any atom is 0.257 e. The Morgan fingerprint density at radius 1 is 1.15 bits per heavy atom. The molecule has 33 heavy (non-hydrogen) atoms. The van der Waals surface area contributed by atoms with Crippen molar-refractivity contribution in [1.82, 2.24) is 15.2 Å². The van der Waals surface area contributed by atoms with Crippen molar-refractivity contribution >= 4 is 34.1 Å². The Hall–Kier alpha value is -2.74. The van der Waals surface area contributed by atoms with E-state index in [0.29, 0.717) is 41.6 Å². The summed E-state index contributed by atoms with van der Waals surface area (Å²) in [4.78, 5) is 45.6. The summed E-state index contributed by atoms with van der Waals surface area (Å²) in [6.45, 7) is 5.44. The van der Waals surface area contributed by atoms with Gasteiger partial charge < -0.3 is 15.5 Å². The molecule has 0 saturated carbocycles. The largest absolute Gasteiger partial charge is 0.349 e. The van der Waals surface area contributed by atoms with Gasteiger partial charge in [-0.25, -0.2) is 0 Å². The van der Waals surface area contributed by atoms with Gasteiger partial charge in [-0.1, -0.05) is 13.8 Å². The second-order valence-electron chi connectivity index (χ2n) is 9.34. The monoisotopic (exact) mass is 468 g/mol. The number of anilines is 1. The predicted octanol–water partition coefficient (Wildman–Crippen LogP) is 4.04. The molecule has 1 aliphatic heterocycles. The SMILES string of the molecule is CC(C)CC(=O)N1CCC(NC(=O)c2c(NC(=O)c3cccnc3)sc3c2CCCC3)CC1. The van der Waals surface area contributed by atoms with Crippen LogP contribution in [-0.2, 0) is 17.6 Å². The van der Waals surface area contributed by atoms with E-state index in [1.807, 2.05) is 4.90 Å². The second kappa shape index (κ2) is 10.5. The third kappa shape index (κ3) is 5.61.